The second kappa shape index (κ2) is 11.5. The number of rotatable bonds is 5. The molecule has 0 spiro atoms. The third-order valence-electron chi connectivity index (χ3n) is 4.47. The highest BCUT2D eigenvalue weighted by Gasteiger charge is 2.36. The molecule has 0 heterocycles. The normalized spacial score (nSPS) is 22.7. The summed E-state index contributed by atoms with van der Waals surface area (Å²) in [6.07, 6.45) is 3.18. The van der Waals surface area contributed by atoms with Gasteiger partial charge in [-0.25, -0.2) is 4.79 Å². The van der Waals surface area contributed by atoms with Crippen molar-refractivity contribution in [3.05, 3.63) is 41.9 Å². The first kappa shape index (κ1) is 24.4. The number of ether oxygens (including phenoxy) is 1. The molecule has 1 aromatic rings. The summed E-state index contributed by atoms with van der Waals surface area (Å²) in [4.78, 5) is 26.8. The molecule has 10 heteroatoms. The zero-order chi connectivity index (χ0) is 21.4. The number of nitrogens with one attached hydrogen (secondary N) is 1. The molecule has 1 aromatic carbocycles. The van der Waals surface area contributed by atoms with Crippen molar-refractivity contribution < 1.29 is 14.3 Å². The minimum atomic E-state index is -1.72. The van der Waals surface area contributed by atoms with Crippen LogP contribution in [0.1, 0.15) is 25.7 Å². The van der Waals surface area contributed by atoms with Crippen LogP contribution in [0.3, 0.4) is 0 Å². The lowest BCUT2D eigenvalue weighted by Crippen LogP contribution is -2.54. The van der Waals surface area contributed by atoms with E-state index in [-0.39, 0.29) is 17.3 Å². The Morgan fingerprint density at radius 1 is 1.21 bits per heavy atom. The monoisotopic (exact) mass is 500 g/mol. The lowest BCUT2D eigenvalue weighted by atomic mass is 10.00. The van der Waals surface area contributed by atoms with Gasteiger partial charge in [0.05, 0.1) is 12.1 Å². The molecule has 0 radical (unpaired) electrons. The van der Waals surface area contributed by atoms with Gasteiger partial charge in [0.25, 0.3) is 5.91 Å². The largest absolute Gasteiger partial charge is 0.445 e. The van der Waals surface area contributed by atoms with Crippen LogP contribution in [0.4, 0.5) is 10.5 Å². The highest BCUT2D eigenvalue weighted by Crippen LogP contribution is 2.30. The molecule has 3 unspecified atom stereocenters. The maximum Gasteiger partial charge on any atom is 0.407 e. The van der Waals surface area contributed by atoms with Gasteiger partial charge in [-0.05, 0) is 37.8 Å². The highest BCUT2D eigenvalue weighted by atomic mass is 35.6. The van der Waals surface area contributed by atoms with E-state index in [0.717, 1.165) is 18.4 Å². The van der Waals surface area contributed by atoms with Gasteiger partial charge in [-0.15, -0.1) is 11.6 Å². The number of alkyl halides is 4. The molecular weight excluding hydrogens is 481 g/mol. The molecule has 1 fully saturated rings. The molecule has 1 aliphatic rings. The standard InChI is InChI=1S/C19H21Cl5N2O3/c20-10-9-17(27)26(14-6-2-1-3-7-14)16-8-4-5-13(21)11-15(16)25-18(28)29-12-19(22,23)24/h1-3,6-7,9-10,13,15-16H,4-5,8,11-12H2,(H,25,28). The Balaban J connectivity index is 2.29. The Kier molecular flexibility index (Phi) is 9.70. The van der Waals surface area contributed by atoms with Crippen LogP contribution in [0.5, 0.6) is 0 Å². The Bertz CT molecular complexity index is 712. The van der Waals surface area contributed by atoms with Crippen molar-refractivity contribution in [2.45, 2.75) is 46.9 Å². The molecule has 160 valence electrons. The Morgan fingerprint density at radius 3 is 2.52 bits per heavy atom. The van der Waals surface area contributed by atoms with Gasteiger partial charge in [0.2, 0.25) is 3.79 Å². The molecule has 0 bridgehead atoms. The average Bonchev–Trinajstić information content (AvgIpc) is 2.82. The minimum absolute atomic E-state index is 0.158. The SMILES string of the molecule is O=C(NC1CC(Cl)CCCC1N(C(=O)C=CCl)c1ccccc1)OCC(Cl)(Cl)Cl. The second-order valence-corrected chi connectivity index (χ2v) is 10.00. The lowest BCUT2D eigenvalue weighted by molar-refractivity contribution is -0.114. The zero-order valence-corrected chi connectivity index (χ0v) is 19.2. The molecule has 2 amide bonds. The third kappa shape index (κ3) is 8.06. The number of anilines is 1. The molecule has 29 heavy (non-hydrogen) atoms. The predicted molar refractivity (Wildman–Crippen MR) is 119 cm³/mol. The fraction of sp³-hybridized carbons (Fsp3) is 0.474. The molecule has 0 saturated heterocycles. The summed E-state index contributed by atoms with van der Waals surface area (Å²) in [5, 5.41) is 2.63. The quantitative estimate of drug-likeness (QED) is 0.315. The maximum atomic E-state index is 12.9. The van der Waals surface area contributed by atoms with E-state index in [1.807, 2.05) is 30.3 Å². The van der Waals surface area contributed by atoms with Crippen LogP contribution in [0.2, 0.25) is 0 Å². The Hall–Kier alpha value is -0.850. The van der Waals surface area contributed by atoms with E-state index in [1.165, 1.54) is 6.08 Å². The van der Waals surface area contributed by atoms with E-state index >= 15 is 0 Å². The second-order valence-electron chi connectivity index (χ2n) is 6.61. The van der Waals surface area contributed by atoms with Crippen molar-refractivity contribution in [3.8, 4) is 0 Å². The van der Waals surface area contributed by atoms with Crippen LogP contribution in [-0.2, 0) is 9.53 Å². The van der Waals surface area contributed by atoms with E-state index in [2.05, 4.69) is 5.32 Å². The van der Waals surface area contributed by atoms with Crippen molar-refractivity contribution in [1.82, 2.24) is 5.32 Å². The number of alkyl carbamates (subject to hydrolysis) is 1. The fourth-order valence-corrected chi connectivity index (χ4v) is 3.93. The number of hydrogen-bond acceptors (Lipinski definition) is 3. The molecular formula is C19H21Cl5N2O3. The smallest absolute Gasteiger partial charge is 0.407 e. The van der Waals surface area contributed by atoms with Gasteiger partial charge in [-0.1, -0.05) is 64.6 Å². The number of benzene rings is 1. The van der Waals surface area contributed by atoms with Crippen molar-refractivity contribution in [3.63, 3.8) is 0 Å². The summed E-state index contributed by atoms with van der Waals surface area (Å²) < 4.78 is 3.28. The van der Waals surface area contributed by atoms with Gasteiger partial charge in [0.15, 0.2) is 0 Å². The Labute approximate surface area is 195 Å². The lowest BCUT2D eigenvalue weighted by Gasteiger charge is -2.36. The maximum absolute atomic E-state index is 12.9. The van der Waals surface area contributed by atoms with Crippen LogP contribution in [0, 0.1) is 0 Å². The Morgan fingerprint density at radius 2 is 1.90 bits per heavy atom. The molecule has 0 aliphatic heterocycles. The predicted octanol–water partition coefficient (Wildman–Crippen LogP) is 5.79. The molecule has 1 saturated carbocycles. The number of hydrogen-bond donors (Lipinski definition) is 1. The molecule has 2 rings (SSSR count). The van der Waals surface area contributed by atoms with Crippen molar-refractivity contribution in [2.75, 3.05) is 11.5 Å². The first-order chi connectivity index (χ1) is 13.7. The number of nitrogens with zero attached hydrogens (tertiary/aromatic N) is 1. The average molecular weight is 503 g/mol. The van der Waals surface area contributed by atoms with Crippen LogP contribution >= 0.6 is 58.0 Å². The van der Waals surface area contributed by atoms with Crippen molar-refractivity contribution in [1.29, 1.82) is 0 Å². The number of para-hydroxylation sites is 1. The number of amides is 2. The van der Waals surface area contributed by atoms with Gasteiger partial charge in [-0.3, -0.25) is 4.79 Å². The summed E-state index contributed by atoms with van der Waals surface area (Å²) in [5.41, 5.74) is 1.85. The number of carbonyl (C=O) groups excluding carboxylic acids is 2. The molecule has 0 aromatic heterocycles. The van der Waals surface area contributed by atoms with E-state index in [0.29, 0.717) is 18.5 Å². The van der Waals surface area contributed by atoms with Gasteiger partial charge in [-0.2, -0.15) is 0 Å². The zero-order valence-electron chi connectivity index (χ0n) is 15.4. The summed E-state index contributed by atoms with van der Waals surface area (Å²) in [5.74, 6) is -0.300. The highest BCUT2D eigenvalue weighted by molar-refractivity contribution is 6.67. The number of carbonyl (C=O) groups is 2. The molecule has 5 nitrogen and oxygen atoms in total. The minimum Gasteiger partial charge on any atom is -0.445 e. The first-order valence-corrected chi connectivity index (χ1v) is 11.0. The van der Waals surface area contributed by atoms with Gasteiger partial charge in [0.1, 0.15) is 6.61 Å². The molecule has 1 aliphatic carbocycles. The fourth-order valence-electron chi connectivity index (χ4n) is 3.31. The van der Waals surface area contributed by atoms with Crippen LogP contribution in [0.15, 0.2) is 41.9 Å². The summed E-state index contributed by atoms with van der Waals surface area (Å²) in [7, 11) is 0. The topological polar surface area (TPSA) is 58.6 Å². The third-order valence-corrected chi connectivity index (χ3v) is 5.32. The van der Waals surface area contributed by atoms with E-state index in [1.54, 1.807) is 4.90 Å². The van der Waals surface area contributed by atoms with Crippen molar-refractivity contribution >= 4 is 75.7 Å². The molecule has 3 atom stereocenters. The van der Waals surface area contributed by atoms with Gasteiger partial charge >= 0.3 is 6.09 Å². The summed E-state index contributed by atoms with van der Waals surface area (Å²) in [6, 6.07) is 8.34. The van der Waals surface area contributed by atoms with Crippen LogP contribution < -0.4 is 10.2 Å². The van der Waals surface area contributed by atoms with E-state index in [4.69, 9.17) is 62.7 Å². The molecule has 1 N–H and O–H groups in total. The van der Waals surface area contributed by atoms with E-state index < -0.39 is 22.5 Å². The van der Waals surface area contributed by atoms with Crippen LogP contribution in [-0.4, -0.2) is 39.9 Å². The van der Waals surface area contributed by atoms with E-state index in [9.17, 15) is 9.59 Å². The van der Waals surface area contributed by atoms with Gasteiger partial charge in [0, 0.05) is 22.7 Å². The first-order valence-electron chi connectivity index (χ1n) is 9.00. The summed E-state index contributed by atoms with van der Waals surface area (Å²) >= 11 is 29.0. The van der Waals surface area contributed by atoms with Gasteiger partial charge < -0.3 is 15.0 Å². The van der Waals surface area contributed by atoms with Crippen molar-refractivity contribution in [2.24, 2.45) is 0 Å². The number of halogens is 5. The van der Waals surface area contributed by atoms with Crippen LogP contribution in [0.25, 0.3) is 0 Å². The summed E-state index contributed by atoms with van der Waals surface area (Å²) in [6.45, 7) is -0.401.